The third-order valence-electron chi connectivity index (χ3n) is 1.92. The number of hydrogen-bond acceptors (Lipinski definition) is 5. The molecule has 0 saturated carbocycles. The van der Waals surface area contributed by atoms with E-state index in [1.807, 2.05) is 0 Å². The molecule has 0 radical (unpaired) electrons. The summed E-state index contributed by atoms with van der Waals surface area (Å²) < 4.78 is 0. The van der Waals surface area contributed by atoms with Crippen LogP contribution >= 0.6 is 11.3 Å². The van der Waals surface area contributed by atoms with Crippen LogP contribution < -0.4 is 16.8 Å². The van der Waals surface area contributed by atoms with Crippen LogP contribution in [0, 0.1) is 0 Å². The topological polar surface area (TPSA) is 94.0 Å². The van der Waals surface area contributed by atoms with Gasteiger partial charge in [-0.05, 0) is 24.3 Å². The standard InChI is InChI=1S/C10H10N4OS/c11-6-1-3-7(4-2-6)13-9(15)8-5-16-10(12)14-8/h1-5H,11H2,(H2,12,14)(H,13,15). The normalized spacial score (nSPS) is 10.0. The average Bonchev–Trinajstić information content (AvgIpc) is 2.68. The van der Waals surface area contributed by atoms with Crippen molar-refractivity contribution in [2.75, 3.05) is 16.8 Å². The second kappa shape index (κ2) is 4.19. The summed E-state index contributed by atoms with van der Waals surface area (Å²) in [6.07, 6.45) is 0. The molecule has 1 aromatic carbocycles. The maximum absolute atomic E-state index is 11.7. The molecule has 0 saturated heterocycles. The van der Waals surface area contributed by atoms with Crippen LogP contribution in [0.3, 0.4) is 0 Å². The van der Waals surface area contributed by atoms with Gasteiger partial charge in [0.15, 0.2) is 5.13 Å². The van der Waals surface area contributed by atoms with Gasteiger partial charge in [-0.1, -0.05) is 0 Å². The number of nitrogens with one attached hydrogen (secondary N) is 1. The number of aromatic nitrogens is 1. The van der Waals surface area contributed by atoms with E-state index in [2.05, 4.69) is 10.3 Å². The lowest BCUT2D eigenvalue weighted by Gasteiger charge is -2.02. The number of hydrogen-bond donors (Lipinski definition) is 3. The maximum Gasteiger partial charge on any atom is 0.275 e. The number of nitrogen functional groups attached to an aromatic ring is 2. The van der Waals surface area contributed by atoms with Gasteiger partial charge < -0.3 is 16.8 Å². The highest BCUT2D eigenvalue weighted by molar-refractivity contribution is 7.13. The van der Waals surface area contributed by atoms with Crippen molar-refractivity contribution >= 4 is 33.8 Å². The predicted molar refractivity (Wildman–Crippen MR) is 65.3 cm³/mol. The molecular weight excluding hydrogens is 224 g/mol. The van der Waals surface area contributed by atoms with E-state index >= 15 is 0 Å². The molecule has 0 bridgehead atoms. The molecule has 0 aliphatic rings. The van der Waals surface area contributed by atoms with Gasteiger partial charge in [0.25, 0.3) is 5.91 Å². The summed E-state index contributed by atoms with van der Waals surface area (Å²) in [5.41, 5.74) is 12.6. The molecule has 1 amide bonds. The molecule has 82 valence electrons. The highest BCUT2D eigenvalue weighted by atomic mass is 32.1. The van der Waals surface area contributed by atoms with Crippen LogP contribution in [0.25, 0.3) is 0 Å². The van der Waals surface area contributed by atoms with E-state index in [1.54, 1.807) is 29.6 Å². The van der Waals surface area contributed by atoms with Gasteiger partial charge in [0.2, 0.25) is 0 Å². The van der Waals surface area contributed by atoms with Crippen LogP contribution in [0.15, 0.2) is 29.6 Å². The first-order valence-corrected chi connectivity index (χ1v) is 5.41. The molecule has 0 fully saturated rings. The molecule has 0 unspecified atom stereocenters. The van der Waals surface area contributed by atoms with E-state index in [9.17, 15) is 4.79 Å². The van der Waals surface area contributed by atoms with Gasteiger partial charge in [-0.25, -0.2) is 4.98 Å². The highest BCUT2D eigenvalue weighted by Gasteiger charge is 2.09. The number of nitrogens with two attached hydrogens (primary N) is 2. The Kier molecular flexibility index (Phi) is 2.74. The highest BCUT2D eigenvalue weighted by Crippen LogP contribution is 2.14. The lowest BCUT2D eigenvalue weighted by atomic mass is 10.3. The van der Waals surface area contributed by atoms with E-state index in [0.29, 0.717) is 22.2 Å². The number of thiazole rings is 1. The van der Waals surface area contributed by atoms with E-state index in [1.165, 1.54) is 11.3 Å². The van der Waals surface area contributed by atoms with Gasteiger partial charge in [0.1, 0.15) is 5.69 Å². The Morgan fingerprint density at radius 1 is 1.25 bits per heavy atom. The summed E-state index contributed by atoms with van der Waals surface area (Å²) in [5.74, 6) is -0.280. The van der Waals surface area contributed by atoms with Gasteiger partial charge in [-0.15, -0.1) is 11.3 Å². The Morgan fingerprint density at radius 3 is 2.50 bits per heavy atom. The molecule has 2 rings (SSSR count). The second-order valence-electron chi connectivity index (χ2n) is 3.15. The SMILES string of the molecule is Nc1ccc(NC(=O)c2csc(N)n2)cc1. The van der Waals surface area contributed by atoms with Gasteiger partial charge >= 0.3 is 0 Å². The summed E-state index contributed by atoms with van der Waals surface area (Å²) in [5, 5.41) is 4.68. The summed E-state index contributed by atoms with van der Waals surface area (Å²) in [6.45, 7) is 0. The van der Waals surface area contributed by atoms with Gasteiger partial charge in [-0.3, -0.25) is 4.79 Å². The van der Waals surface area contributed by atoms with Gasteiger partial charge in [0, 0.05) is 16.8 Å². The molecule has 16 heavy (non-hydrogen) atoms. The van der Waals surface area contributed by atoms with Crippen molar-refractivity contribution in [3.63, 3.8) is 0 Å². The Hall–Kier alpha value is -2.08. The largest absolute Gasteiger partial charge is 0.399 e. The fraction of sp³-hybridized carbons (Fsp3) is 0. The van der Waals surface area contributed by atoms with Gasteiger partial charge in [0.05, 0.1) is 0 Å². The van der Waals surface area contributed by atoms with Crippen LogP contribution in [0.2, 0.25) is 0 Å². The number of rotatable bonds is 2. The third kappa shape index (κ3) is 2.29. The summed E-state index contributed by atoms with van der Waals surface area (Å²) in [7, 11) is 0. The molecule has 2 aromatic rings. The van der Waals surface area contributed by atoms with Crippen LogP contribution in [-0.4, -0.2) is 10.9 Å². The quantitative estimate of drug-likeness (QED) is 0.687. The third-order valence-corrected chi connectivity index (χ3v) is 2.60. The Balaban J connectivity index is 2.10. The average molecular weight is 234 g/mol. The van der Waals surface area contributed by atoms with Crippen molar-refractivity contribution < 1.29 is 4.79 Å². The molecule has 0 aliphatic carbocycles. The zero-order valence-electron chi connectivity index (χ0n) is 8.31. The Morgan fingerprint density at radius 2 is 1.94 bits per heavy atom. The minimum Gasteiger partial charge on any atom is -0.399 e. The fourth-order valence-electron chi connectivity index (χ4n) is 1.15. The first-order chi connectivity index (χ1) is 7.65. The minimum atomic E-state index is -0.280. The minimum absolute atomic E-state index is 0.280. The van der Waals surface area contributed by atoms with E-state index < -0.39 is 0 Å². The number of benzene rings is 1. The summed E-state index contributed by atoms with van der Waals surface area (Å²) in [4.78, 5) is 15.5. The molecule has 0 spiro atoms. The number of anilines is 3. The van der Waals surface area contributed by atoms with E-state index in [-0.39, 0.29) is 5.91 Å². The zero-order valence-corrected chi connectivity index (χ0v) is 9.12. The van der Waals surface area contributed by atoms with Crippen LogP contribution in [0.4, 0.5) is 16.5 Å². The molecule has 0 aliphatic heterocycles. The number of amides is 1. The monoisotopic (exact) mass is 234 g/mol. The van der Waals surface area contributed by atoms with Crippen LogP contribution in [0.1, 0.15) is 10.5 Å². The van der Waals surface area contributed by atoms with Crippen molar-refractivity contribution in [3.8, 4) is 0 Å². The van der Waals surface area contributed by atoms with Crippen molar-refractivity contribution in [1.82, 2.24) is 4.98 Å². The zero-order chi connectivity index (χ0) is 11.5. The van der Waals surface area contributed by atoms with Gasteiger partial charge in [-0.2, -0.15) is 0 Å². The van der Waals surface area contributed by atoms with Crippen LogP contribution in [-0.2, 0) is 0 Å². The Labute approximate surface area is 96.1 Å². The number of carbonyl (C=O) groups excluding carboxylic acids is 1. The molecule has 5 nitrogen and oxygen atoms in total. The van der Waals surface area contributed by atoms with Crippen molar-refractivity contribution in [1.29, 1.82) is 0 Å². The number of nitrogens with zero attached hydrogens (tertiary/aromatic N) is 1. The fourth-order valence-corrected chi connectivity index (χ4v) is 1.70. The summed E-state index contributed by atoms with van der Waals surface area (Å²) >= 11 is 1.23. The molecule has 1 heterocycles. The first kappa shape index (κ1) is 10.4. The smallest absolute Gasteiger partial charge is 0.275 e. The maximum atomic E-state index is 11.7. The first-order valence-electron chi connectivity index (χ1n) is 4.53. The Bertz CT molecular complexity index is 506. The van der Waals surface area contributed by atoms with E-state index in [0.717, 1.165) is 0 Å². The van der Waals surface area contributed by atoms with Crippen molar-refractivity contribution in [2.45, 2.75) is 0 Å². The van der Waals surface area contributed by atoms with E-state index in [4.69, 9.17) is 11.5 Å². The molecule has 0 atom stereocenters. The second-order valence-corrected chi connectivity index (χ2v) is 4.04. The lowest BCUT2D eigenvalue weighted by Crippen LogP contribution is -2.12. The molecule has 1 aromatic heterocycles. The molecule has 5 N–H and O–H groups in total. The summed E-state index contributed by atoms with van der Waals surface area (Å²) in [6, 6.07) is 6.88. The van der Waals surface area contributed by atoms with Crippen LogP contribution in [0.5, 0.6) is 0 Å². The predicted octanol–water partition coefficient (Wildman–Crippen LogP) is 1.56. The molecule has 6 heteroatoms. The number of carbonyl (C=O) groups is 1. The van der Waals surface area contributed by atoms with Crippen molar-refractivity contribution in [3.05, 3.63) is 35.3 Å². The molecular formula is C10H10N4OS. The van der Waals surface area contributed by atoms with Crippen molar-refractivity contribution in [2.24, 2.45) is 0 Å². The lowest BCUT2D eigenvalue weighted by molar-refractivity contribution is 0.102.